The van der Waals surface area contributed by atoms with Crippen molar-refractivity contribution in [2.45, 2.75) is 51.4 Å². The molecule has 2 heteroatoms. The Morgan fingerprint density at radius 3 is 2.07 bits per heavy atom. The monoisotopic (exact) mass is 784 g/mol. The minimum Gasteiger partial charge on any atom is -0.398 e. The molecule has 3 aliphatic carbocycles. The Hall–Kier alpha value is -7.03. The molecular formula is C59H48N2. The van der Waals surface area contributed by atoms with E-state index in [-0.39, 0.29) is 10.8 Å². The third-order valence-electron chi connectivity index (χ3n) is 13.9. The van der Waals surface area contributed by atoms with Crippen LogP contribution >= 0.6 is 0 Å². The average Bonchev–Trinajstić information content (AvgIpc) is 3.67. The number of anilines is 1. The second kappa shape index (κ2) is 13.8. The summed E-state index contributed by atoms with van der Waals surface area (Å²) in [6.07, 6.45) is 10.9. The highest BCUT2D eigenvalue weighted by Crippen LogP contribution is 2.53. The molecule has 61 heavy (non-hydrogen) atoms. The van der Waals surface area contributed by atoms with E-state index in [4.69, 9.17) is 10.7 Å². The van der Waals surface area contributed by atoms with Crippen molar-refractivity contribution >= 4 is 44.6 Å². The summed E-state index contributed by atoms with van der Waals surface area (Å²) >= 11 is 0. The summed E-state index contributed by atoms with van der Waals surface area (Å²) in [5.41, 5.74) is 29.0. The molecule has 2 N–H and O–H groups in total. The van der Waals surface area contributed by atoms with Gasteiger partial charge in [0.2, 0.25) is 0 Å². The Morgan fingerprint density at radius 2 is 1.25 bits per heavy atom. The lowest BCUT2D eigenvalue weighted by Gasteiger charge is -2.24. The van der Waals surface area contributed by atoms with Crippen molar-refractivity contribution in [3.8, 4) is 44.6 Å². The standard InChI is InChI=1S/C59H48N2/c1-6-36(31-40-15-7-14-22-55(40)60)37-23-25-38(26-24-37)48-34-50-49(39-27-29-45-43-17-10-12-20-51(43)58(2,3)53(45)32-39)35-56(61-57(50)47-19-9-8-16-42(47)48)41-28-30-46-44-18-11-13-21-52(44)59(4,5)54(46)33-41/h6-9,11-16,18-35H,1,10,17,60H2,2-5H3/b36-31+. The average molecular weight is 785 g/mol. The highest BCUT2D eigenvalue weighted by atomic mass is 14.7. The predicted octanol–water partition coefficient (Wildman–Crippen LogP) is 15.4. The zero-order valence-corrected chi connectivity index (χ0v) is 35.3. The first kappa shape index (κ1) is 37.0. The number of nitrogens with two attached hydrogens (primary N) is 1. The van der Waals surface area contributed by atoms with Crippen molar-refractivity contribution < 1.29 is 0 Å². The Balaban J connectivity index is 1.12. The lowest BCUT2D eigenvalue weighted by Crippen LogP contribution is -2.16. The molecule has 0 saturated carbocycles. The van der Waals surface area contributed by atoms with Gasteiger partial charge in [-0.2, -0.15) is 0 Å². The van der Waals surface area contributed by atoms with Gasteiger partial charge in [0.05, 0.1) is 11.2 Å². The van der Waals surface area contributed by atoms with Gasteiger partial charge in [0.15, 0.2) is 0 Å². The number of benzene rings is 7. The Bertz CT molecular complexity index is 3260. The molecule has 8 aromatic rings. The van der Waals surface area contributed by atoms with Gasteiger partial charge in [0, 0.05) is 32.9 Å². The maximum atomic E-state index is 6.32. The van der Waals surface area contributed by atoms with E-state index in [0.717, 1.165) is 68.3 Å². The molecule has 0 radical (unpaired) electrons. The van der Waals surface area contributed by atoms with E-state index < -0.39 is 0 Å². The predicted molar refractivity (Wildman–Crippen MR) is 260 cm³/mol. The fraction of sp³-hybridized carbons (Fsp3) is 0.136. The van der Waals surface area contributed by atoms with Crippen molar-refractivity contribution in [1.82, 2.24) is 4.98 Å². The van der Waals surface area contributed by atoms with Crippen LogP contribution in [0, 0.1) is 0 Å². The van der Waals surface area contributed by atoms with E-state index in [1.807, 2.05) is 30.3 Å². The third-order valence-corrected chi connectivity index (χ3v) is 13.9. The molecule has 0 unspecified atom stereocenters. The summed E-state index contributed by atoms with van der Waals surface area (Å²) in [6, 6.07) is 53.4. The summed E-state index contributed by atoms with van der Waals surface area (Å²) in [6.45, 7) is 13.6. The maximum Gasteiger partial charge on any atom is 0.0794 e. The van der Waals surface area contributed by atoms with Crippen LogP contribution in [0.25, 0.3) is 83.5 Å². The molecule has 0 amide bonds. The smallest absolute Gasteiger partial charge is 0.0794 e. The molecule has 0 spiro atoms. The Morgan fingerprint density at radius 1 is 0.590 bits per heavy atom. The fourth-order valence-corrected chi connectivity index (χ4v) is 10.6. The van der Waals surface area contributed by atoms with Gasteiger partial charge < -0.3 is 5.73 Å². The Labute approximate surface area is 359 Å². The number of nitrogen functional groups attached to an aromatic ring is 1. The summed E-state index contributed by atoms with van der Waals surface area (Å²) in [4.78, 5) is 5.63. The van der Waals surface area contributed by atoms with E-state index in [1.165, 1.54) is 66.6 Å². The zero-order valence-electron chi connectivity index (χ0n) is 35.3. The van der Waals surface area contributed by atoms with E-state index in [2.05, 4.69) is 174 Å². The lowest BCUT2D eigenvalue weighted by molar-refractivity contribution is 0.651. The molecule has 0 bridgehead atoms. The highest BCUT2D eigenvalue weighted by Gasteiger charge is 2.38. The summed E-state index contributed by atoms with van der Waals surface area (Å²) in [5.74, 6) is 0. The molecular weight excluding hydrogens is 737 g/mol. The maximum absolute atomic E-state index is 6.32. The number of para-hydroxylation sites is 1. The number of fused-ring (bicyclic) bond motifs is 8. The summed E-state index contributed by atoms with van der Waals surface area (Å²) < 4.78 is 0. The first-order chi connectivity index (χ1) is 29.6. The van der Waals surface area contributed by atoms with Gasteiger partial charge in [-0.1, -0.05) is 168 Å². The minimum atomic E-state index is -0.109. The molecule has 7 aromatic carbocycles. The van der Waals surface area contributed by atoms with Crippen LogP contribution in [-0.2, 0) is 10.8 Å². The lowest BCUT2D eigenvalue weighted by atomic mass is 9.79. The number of rotatable bonds is 6. The van der Waals surface area contributed by atoms with Gasteiger partial charge in [-0.15, -0.1) is 0 Å². The largest absolute Gasteiger partial charge is 0.398 e. The van der Waals surface area contributed by atoms with Crippen LogP contribution < -0.4 is 5.73 Å². The first-order valence-corrected chi connectivity index (χ1v) is 21.6. The first-order valence-electron chi connectivity index (χ1n) is 21.6. The molecule has 2 nitrogen and oxygen atoms in total. The quantitative estimate of drug-likeness (QED) is 0.0789. The van der Waals surface area contributed by atoms with E-state index >= 15 is 0 Å². The topological polar surface area (TPSA) is 38.9 Å². The van der Waals surface area contributed by atoms with Gasteiger partial charge >= 0.3 is 0 Å². The molecule has 0 fully saturated rings. The summed E-state index contributed by atoms with van der Waals surface area (Å²) in [5, 5.41) is 3.47. The van der Waals surface area contributed by atoms with Crippen molar-refractivity contribution in [3.05, 3.63) is 209 Å². The van der Waals surface area contributed by atoms with Gasteiger partial charge in [0.1, 0.15) is 0 Å². The second-order valence-corrected chi connectivity index (χ2v) is 18.1. The van der Waals surface area contributed by atoms with Gasteiger partial charge in [-0.05, 0) is 138 Å². The van der Waals surface area contributed by atoms with Crippen molar-refractivity contribution in [2.24, 2.45) is 0 Å². The molecule has 11 rings (SSSR count). The fourth-order valence-electron chi connectivity index (χ4n) is 10.6. The van der Waals surface area contributed by atoms with Gasteiger partial charge in [-0.25, -0.2) is 4.98 Å². The number of hydrogen-bond donors (Lipinski definition) is 1. The third kappa shape index (κ3) is 5.73. The van der Waals surface area contributed by atoms with Gasteiger partial charge in [0.25, 0.3) is 0 Å². The minimum absolute atomic E-state index is 0.0750. The molecule has 1 heterocycles. The van der Waals surface area contributed by atoms with Gasteiger partial charge in [-0.3, -0.25) is 0 Å². The van der Waals surface area contributed by atoms with Crippen LogP contribution in [0.2, 0.25) is 0 Å². The van der Waals surface area contributed by atoms with Crippen molar-refractivity contribution in [2.75, 3.05) is 5.73 Å². The molecule has 0 atom stereocenters. The van der Waals surface area contributed by atoms with E-state index in [9.17, 15) is 0 Å². The second-order valence-electron chi connectivity index (χ2n) is 18.1. The highest BCUT2D eigenvalue weighted by molar-refractivity contribution is 6.16. The molecule has 1 aromatic heterocycles. The molecule has 0 aliphatic heterocycles. The van der Waals surface area contributed by atoms with Crippen molar-refractivity contribution in [1.29, 1.82) is 0 Å². The molecule has 0 saturated heterocycles. The van der Waals surface area contributed by atoms with Crippen LogP contribution in [0.15, 0.2) is 176 Å². The van der Waals surface area contributed by atoms with E-state index in [0.29, 0.717) is 0 Å². The Kier molecular flexibility index (Phi) is 8.35. The molecule has 294 valence electrons. The normalized spacial score (nSPS) is 15.8. The van der Waals surface area contributed by atoms with Crippen LogP contribution in [0.5, 0.6) is 0 Å². The number of hydrogen-bond acceptors (Lipinski definition) is 2. The number of nitrogens with zero attached hydrogens (tertiary/aromatic N) is 1. The number of aromatic nitrogens is 1. The van der Waals surface area contributed by atoms with Crippen LogP contribution in [-0.4, -0.2) is 4.98 Å². The number of allylic oxidation sites excluding steroid dienone is 6. The van der Waals surface area contributed by atoms with Crippen LogP contribution in [0.4, 0.5) is 5.69 Å². The zero-order chi connectivity index (χ0) is 41.6. The SMILES string of the molecule is C=C/C(=C\c1ccccc1N)c1ccc(-c2cc3c(-c4ccc5c(c4)C(C)(C)C4=C5CCC=C4)cc(-c4ccc5c(c4)C(C)(C)c4ccccc4-5)nc3c3ccccc23)cc1. The van der Waals surface area contributed by atoms with Crippen molar-refractivity contribution in [3.63, 3.8) is 0 Å². The van der Waals surface area contributed by atoms with Crippen LogP contribution in [0.1, 0.15) is 73.9 Å². The summed E-state index contributed by atoms with van der Waals surface area (Å²) in [7, 11) is 0. The van der Waals surface area contributed by atoms with E-state index in [1.54, 1.807) is 0 Å². The van der Waals surface area contributed by atoms with Crippen LogP contribution in [0.3, 0.4) is 0 Å². The number of pyridine rings is 1. The molecule has 3 aliphatic rings.